The number of imide groups is 1. The number of ether oxygens (including phenoxy) is 1. The van der Waals surface area contributed by atoms with Gasteiger partial charge in [-0.2, -0.15) is 0 Å². The van der Waals surface area contributed by atoms with Gasteiger partial charge in [0.15, 0.2) is 7.05 Å². The molecular formula is C22H15N2O6+. The monoisotopic (exact) mass is 403 g/mol. The minimum absolute atomic E-state index is 0.0449. The van der Waals surface area contributed by atoms with Crippen LogP contribution in [0.25, 0.3) is 0 Å². The Morgan fingerprint density at radius 3 is 2.27 bits per heavy atom. The summed E-state index contributed by atoms with van der Waals surface area (Å²) in [6.07, 6.45) is 0. The van der Waals surface area contributed by atoms with E-state index in [0.717, 1.165) is 9.66 Å². The number of carboxylic acids is 1. The minimum atomic E-state index is -1.18. The molecule has 4 rings (SSSR count). The number of rotatable bonds is 5. The third kappa shape index (κ3) is 3.30. The summed E-state index contributed by atoms with van der Waals surface area (Å²) in [7, 11) is 1.39. The first-order chi connectivity index (χ1) is 14.3. The van der Waals surface area contributed by atoms with E-state index in [1.165, 1.54) is 31.3 Å². The first-order valence-corrected chi connectivity index (χ1v) is 8.90. The van der Waals surface area contributed by atoms with Gasteiger partial charge in [-0.25, -0.2) is 9.69 Å². The maximum Gasteiger partial charge on any atom is 0.335 e. The molecule has 0 spiro atoms. The number of nitrogens with zero attached hydrogens (tertiary/aromatic N) is 2. The van der Waals surface area contributed by atoms with Crippen LogP contribution >= 0.6 is 0 Å². The molecule has 1 aliphatic rings. The number of nitroso groups, excluding NO2 is 1. The molecule has 3 aromatic carbocycles. The first kappa shape index (κ1) is 19.0. The summed E-state index contributed by atoms with van der Waals surface area (Å²) in [6.45, 7) is 0. The van der Waals surface area contributed by atoms with Crippen LogP contribution in [0.1, 0.15) is 31.1 Å². The van der Waals surface area contributed by atoms with Crippen molar-refractivity contribution in [3.05, 3.63) is 88.3 Å². The first-order valence-electron chi connectivity index (χ1n) is 8.90. The normalized spacial score (nSPS) is 12.6. The second-order valence-electron chi connectivity index (χ2n) is 6.60. The second-order valence-corrected chi connectivity index (χ2v) is 6.60. The molecular weight excluding hydrogens is 388 g/mol. The van der Waals surface area contributed by atoms with Gasteiger partial charge in [-0.15, -0.1) is 0 Å². The van der Waals surface area contributed by atoms with Gasteiger partial charge in [-0.05, 0) is 42.5 Å². The molecule has 0 radical (unpaired) electrons. The minimum Gasteiger partial charge on any atom is -0.478 e. The number of carboxylic acid groups (broad SMARTS) is 1. The number of hydrogen-bond donors (Lipinski definition) is 1. The second kappa shape index (κ2) is 7.25. The highest BCUT2D eigenvalue weighted by atomic mass is 16.5. The molecule has 0 aliphatic carbocycles. The fourth-order valence-electron chi connectivity index (χ4n) is 3.15. The zero-order valence-electron chi connectivity index (χ0n) is 15.7. The standard InChI is InChI=1S/C22H14N2O6/c1-23(29)14-6-8-16(9-7-14)30-17-4-2-3-15(12-17)24-20(25)18-10-5-13(22(27)28)11-19(18)21(24)26/h2-12H,1H3/p+1. The molecule has 0 saturated heterocycles. The predicted molar refractivity (Wildman–Crippen MR) is 107 cm³/mol. The zero-order chi connectivity index (χ0) is 21.4. The average Bonchev–Trinajstić information content (AvgIpc) is 2.98. The topological polar surface area (TPSA) is 104 Å². The molecule has 3 aromatic rings. The molecule has 0 atom stereocenters. The highest BCUT2D eigenvalue weighted by molar-refractivity contribution is 6.34. The molecule has 1 heterocycles. The van der Waals surface area contributed by atoms with E-state index in [1.54, 1.807) is 42.5 Å². The molecule has 8 nitrogen and oxygen atoms in total. The summed E-state index contributed by atoms with van der Waals surface area (Å²) in [5.41, 5.74) is 0.896. The number of fused-ring (bicyclic) bond motifs is 1. The lowest BCUT2D eigenvalue weighted by molar-refractivity contribution is -0.428. The van der Waals surface area contributed by atoms with Crippen LogP contribution in [0.15, 0.2) is 66.7 Å². The SMILES string of the molecule is C[N+](=O)c1ccc(Oc2cccc(N3C(=O)c4ccc(C(=O)O)cc4C3=O)c2)cc1. The van der Waals surface area contributed by atoms with Crippen LogP contribution in [-0.4, -0.2) is 34.7 Å². The molecule has 8 heteroatoms. The molecule has 30 heavy (non-hydrogen) atoms. The molecule has 1 N–H and O–H groups in total. The number of carbonyl (C=O) groups excluding carboxylic acids is 2. The van der Waals surface area contributed by atoms with Gasteiger partial charge in [0.1, 0.15) is 11.5 Å². The molecule has 2 amide bonds. The van der Waals surface area contributed by atoms with Gasteiger partial charge in [0.05, 0.1) is 22.4 Å². The maximum atomic E-state index is 12.8. The Hall–Kier alpha value is -4.33. The van der Waals surface area contributed by atoms with Crippen LogP contribution in [0.2, 0.25) is 0 Å². The number of aromatic carboxylic acids is 1. The highest BCUT2D eigenvalue weighted by Gasteiger charge is 2.37. The van der Waals surface area contributed by atoms with E-state index in [-0.39, 0.29) is 16.7 Å². The molecule has 1 aliphatic heterocycles. The van der Waals surface area contributed by atoms with Crippen LogP contribution in [0, 0.1) is 4.91 Å². The zero-order valence-corrected chi connectivity index (χ0v) is 15.7. The van der Waals surface area contributed by atoms with Crippen molar-refractivity contribution in [3.63, 3.8) is 0 Å². The van der Waals surface area contributed by atoms with Crippen LogP contribution in [0.3, 0.4) is 0 Å². The van der Waals surface area contributed by atoms with Crippen molar-refractivity contribution in [3.8, 4) is 11.5 Å². The average molecular weight is 403 g/mol. The van der Waals surface area contributed by atoms with Crippen molar-refractivity contribution in [1.29, 1.82) is 0 Å². The molecule has 148 valence electrons. The smallest absolute Gasteiger partial charge is 0.335 e. The summed E-state index contributed by atoms with van der Waals surface area (Å²) >= 11 is 0. The van der Waals surface area contributed by atoms with E-state index in [4.69, 9.17) is 9.84 Å². The van der Waals surface area contributed by atoms with Gasteiger partial charge >= 0.3 is 5.97 Å². The lowest BCUT2D eigenvalue weighted by Crippen LogP contribution is -2.29. The van der Waals surface area contributed by atoms with E-state index in [1.807, 2.05) is 0 Å². The summed E-state index contributed by atoms with van der Waals surface area (Å²) < 4.78 is 6.49. The van der Waals surface area contributed by atoms with Crippen LogP contribution in [-0.2, 0) is 0 Å². The summed E-state index contributed by atoms with van der Waals surface area (Å²) in [5.74, 6) is -1.45. The van der Waals surface area contributed by atoms with Crippen LogP contribution < -0.4 is 9.64 Å². The van der Waals surface area contributed by atoms with Gasteiger partial charge in [0, 0.05) is 27.9 Å². The van der Waals surface area contributed by atoms with E-state index in [2.05, 4.69) is 0 Å². The Bertz CT molecular complexity index is 1220. The third-order valence-electron chi connectivity index (χ3n) is 4.65. The predicted octanol–water partition coefficient (Wildman–Crippen LogP) is 4.02. The Morgan fingerprint density at radius 1 is 0.900 bits per heavy atom. The highest BCUT2D eigenvalue weighted by Crippen LogP contribution is 2.32. The van der Waals surface area contributed by atoms with E-state index in [0.29, 0.717) is 22.9 Å². The lowest BCUT2D eigenvalue weighted by Gasteiger charge is -2.15. The molecule has 0 saturated carbocycles. The van der Waals surface area contributed by atoms with Crippen molar-refractivity contribution in [2.45, 2.75) is 0 Å². The maximum absolute atomic E-state index is 12.8. The van der Waals surface area contributed by atoms with Crippen molar-refractivity contribution < 1.29 is 29.0 Å². The summed E-state index contributed by atoms with van der Waals surface area (Å²) in [5, 5.41) is 9.13. The number of anilines is 1. The fraction of sp³-hybridized carbons (Fsp3) is 0.0455. The number of hydrogen-bond acceptors (Lipinski definition) is 5. The number of benzene rings is 3. The largest absolute Gasteiger partial charge is 0.478 e. The van der Waals surface area contributed by atoms with Crippen molar-refractivity contribution in [2.75, 3.05) is 11.9 Å². The molecule has 0 aromatic heterocycles. The quantitative estimate of drug-likeness (QED) is 0.510. The molecule has 0 unspecified atom stereocenters. The number of amides is 2. The van der Waals surface area contributed by atoms with Crippen LogP contribution in [0.4, 0.5) is 11.4 Å². The van der Waals surface area contributed by atoms with Gasteiger partial charge in [-0.1, -0.05) is 6.07 Å². The van der Waals surface area contributed by atoms with Gasteiger partial charge in [0.25, 0.3) is 17.5 Å². The van der Waals surface area contributed by atoms with Crippen molar-refractivity contribution >= 4 is 29.2 Å². The van der Waals surface area contributed by atoms with Crippen molar-refractivity contribution in [2.24, 2.45) is 0 Å². The van der Waals surface area contributed by atoms with E-state index >= 15 is 0 Å². The van der Waals surface area contributed by atoms with Gasteiger partial charge in [0.2, 0.25) is 0 Å². The van der Waals surface area contributed by atoms with E-state index in [9.17, 15) is 19.3 Å². The van der Waals surface area contributed by atoms with Crippen molar-refractivity contribution in [1.82, 2.24) is 0 Å². The Balaban J connectivity index is 1.62. The van der Waals surface area contributed by atoms with Gasteiger partial charge in [-0.3, -0.25) is 9.59 Å². The Kier molecular flexibility index (Phi) is 4.59. The Labute approximate surface area is 170 Å². The van der Waals surface area contributed by atoms with Gasteiger partial charge < -0.3 is 9.84 Å². The fourth-order valence-corrected chi connectivity index (χ4v) is 3.15. The molecule has 0 fully saturated rings. The molecule has 0 bridgehead atoms. The number of carbonyl (C=O) groups is 3. The van der Waals surface area contributed by atoms with Crippen LogP contribution in [0.5, 0.6) is 11.5 Å². The lowest BCUT2D eigenvalue weighted by atomic mass is 10.1. The summed E-state index contributed by atoms with van der Waals surface area (Å²) in [6, 6.07) is 16.7. The Morgan fingerprint density at radius 2 is 1.60 bits per heavy atom. The van der Waals surface area contributed by atoms with E-state index < -0.39 is 17.8 Å². The summed E-state index contributed by atoms with van der Waals surface area (Å²) in [4.78, 5) is 49.0. The third-order valence-corrected chi connectivity index (χ3v) is 4.65.